The van der Waals surface area contributed by atoms with Crippen LogP contribution in [-0.2, 0) is 0 Å². The van der Waals surface area contributed by atoms with E-state index in [9.17, 15) is 0 Å². The predicted octanol–water partition coefficient (Wildman–Crippen LogP) is 16.4. The summed E-state index contributed by atoms with van der Waals surface area (Å²) in [6.45, 7) is 0. The fourth-order valence-electron chi connectivity index (χ4n) is 10.5. The van der Waals surface area contributed by atoms with Crippen LogP contribution in [0.2, 0.25) is 0 Å². The first kappa shape index (κ1) is 33.1. The van der Waals surface area contributed by atoms with E-state index in [4.69, 9.17) is 0 Å². The van der Waals surface area contributed by atoms with Gasteiger partial charge in [-0.1, -0.05) is 121 Å². The molecule has 282 valence electrons. The zero-order chi connectivity index (χ0) is 39.8. The molecule has 3 heteroatoms. The molecule has 14 rings (SSSR count). The minimum Gasteiger partial charge on any atom is -0.309 e. The number of rotatable bonds is 4. The van der Waals surface area contributed by atoms with Crippen LogP contribution >= 0.6 is 11.3 Å². The van der Waals surface area contributed by atoms with Crippen molar-refractivity contribution in [1.29, 1.82) is 0 Å². The molecule has 0 fully saturated rings. The quantitative estimate of drug-likeness (QED) is 0.168. The molecule has 0 unspecified atom stereocenters. The van der Waals surface area contributed by atoms with Gasteiger partial charge < -0.3 is 9.13 Å². The molecule has 1 aliphatic rings. The number of thiophene rings is 1. The maximum absolute atomic E-state index is 2.44. The number of para-hydroxylation sites is 2. The molecular formula is C58H34N2S. The minimum absolute atomic E-state index is 1.16. The molecule has 13 aromatic rings. The molecule has 10 aromatic carbocycles. The van der Waals surface area contributed by atoms with Crippen LogP contribution in [0.3, 0.4) is 0 Å². The Morgan fingerprint density at radius 3 is 1.54 bits per heavy atom. The van der Waals surface area contributed by atoms with Crippen molar-refractivity contribution in [2.45, 2.75) is 0 Å². The Balaban J connectivity index is 0.871. The maximum Gasteiger partial charge on any atom is 0.0541 e. The second-order valence-electron chi connectivity index (χ2n) is 16.5. The summed E-state index contributed by atoms with van der Waals surface area (Å²) in [7, 11) is 0. The van der Waals surface area contributed by atoms with Crippen LogP contribution in [0, 0.1) is 0 Å². The summed E-state index contributed by atoms with van der Waals surface area (Å²) < 4.78 is 7.51. The second-order valence-corrected chi connectivity index (χ2v) is 17.6. The summed E-state index contributed by atoms with van der Waals surface area (Å²) in [6, 6.07) is 76.7. The molecule has 2 nitrogen and oxygen atoms in total. The molecule has 1 aliphatic carbocycles. The lowest BCUT2D eigenvalue weighted by atomic mass is 9.96. The third-order valence-corrected chi connectivity index (χ3v) is 14.4. The van der Waals surface area contributed by atoms with Crippen LogP contribution < -0.4 is 0 Å². The van der Waals surface area contributed by atoms with Gasteiger partial charge in [-0.15, -0.1) is 11.3 Å². The molecule has 0 saturated carbocycles. The second kappa shape index (κ2) is 12.4. The highest BCUT2D eigenvalue weighted by Crippen LogP contribution is 2.49. The van der Waals surface area contributed by atoms with E-state index in [1.807, 2.05) is 11.3 Å². The third kappa shape index (κ3) is 4.72. The maximum atomic E-state index is 2.44. The predicted molar refractivity (Wildman–Crippen MR) is 261 cm³/mol. The molecule has 3 heterocycles. The summed E-state index contributed by atoms with van der Waals surface area (Å²) >= 11 is 1.87. The van der Waals surface area contributed by atoms with Crippen molar-refractivity contribution in [3.8, 4) is 55.9 Å². The Kier molecular flexibility index (Phi) is 6.74. The molecule has 0 radical (unpaired) electrons. The molecule has 3 aromatic heterocycles. The van der Waals surface area contributed by atoms with Gasteiger partial charge in [-0.2, -0.15) is 0 Å². The number of hydrogen-bond donors (Lipinski definition) is 0. The molecular weight excluding hydrogens is 757 g/mol. The summed E-state index contributed by atoms with van der Waals surface area (Å²) in [5.74, 6) is 0. The summed E-state index contributed by atoms with van der Waals surface area (Å²) in [5, 5.41) is 10.3. The lowest BCUT2D eigenvalue weighted by molar-refractivity contribution is 1.18. The van der Waals surface area contributed by atoms with Gasteiger partial charge in [-0.3, -0.25) is 0 Å². The van der Waals surface area contributed by atoms with Gasteiger partial charge in [0.05, 0.1) is 22.1 Å². The SMILES string of the molecule is c1ccc2c(c1)-c1cccc3cc(-c4ccc(-n5c6ccccc6c6cc(-c7ccc8c(c7)c7ccccc7n8-c7ccc8sc9ccccc9c8c7)ccc65)cc4)cc-2c13. The lowest BCUT2D eigenvalue weighted by Crippen LogP contribution is -1.94. The van der Waals surface area contributed by atoms with E-state index in [1.165, 1.54) is 125 Å². The lowest BCUT2D eigenvalue weighted by Gasteiger charge is -2.11. The number of benzene rings is 10. The Labute approximate surface area is 355 Å². The summed E-state index contributed by atoms with van der Waals surface area (Å²) in [6.07, 6.45) is 0. The van der Waals surface area contributed by atoms with Crippen LogP contribution in [0.4, 0.5) is 0 Å². The molecule has 0 atom stereocenters. The zero-order valence-electron chi connectivity index (χ0n) is 32.9. The van der Waals surface area contributed by atoms with Crippen molar-refractivity contribution in [2.24, 2.45) is 0 Å². The molecule has 0 amide bonds. The van der Waals surface area contributed by atoms with Gasteiger partial charge in [0, 0.05) is 53.1 Å². The average Bonchev–Trinajstić information content (AvgIpc) is 4.06. The third-order valence-electron chi connectivity index (χ3n) is 13.2. The van der Waals surface area contributed by atoms with E-state index in [1.54, 1.807) is 0 Å². The van der Waals surface area contributed by atoms with E-state index in [-0.39, 0.29) is 0 Å². The first-order chi connectivity index (χ1) is 30.2. The van der Waals surface area contributed by atoms with E-state index < -0.39 is 0 Å². The standard InChI is InChI=1S/C58H34N2S/c1-2-12-43-42(11-1)47-16-9-10-38-30-39(33-51(43)58(38)47)35-20-24-40(25-21-35)59-52-17-6-3-13-44(52)48-31-36(22-27-54(48)59)37-23-28-55-49(32-37)45-14-4-7-18-53(45)60(55)41-26-29-57-50(34-41)46-15-5-8-19-56(46)61-57/h1-34H. The van der Waals surface area contributed by atoms with E-state index in [0.717, 1.165) is 5.69 Å². The normalized spacial score (nSPS) is 12.3. The number of nitrogens with zero attached hydrogens (tertiary/aromatic N) is 2. The monoisotopic (exact) mass is 790 g/mol. The Hall–Kier alpha value is -7.72. The Morgan fingerprint density at radius 2 is 0.820 bits per heavy atom. The molecule has 61 heavy (non-hydrogen) atoms. The Bertz CT molecular complexity index is 3990. The number of fused-ring (bicyclic) bond motifs is 12. The Morgan fingerprint density at radius 1 is 0.279 bits per heavy atom. The van der Waals surface area contributed by atoms with E-state index in [0.29, 0.717) is 0 Å². The number of aromatic nitrogens is 2. The van der Waals surface area contributed by atoms with Gasteiger partial charge in [0.2, 0.25) is 0 Å². The van der Waals surface area contributed by atoms with Crippen LogP contribution in [-0.4, -0.2) is 9.13 Å². The summed E-state index contributed by atoms with van der Waals surface area (Å²) in [4.78, 5) is 0. The van der Waals surface area contributed by atoms with Gasteiger partial charge in [0.25, 0.3) is 0 Å². The molecule has 0 saturated heterocycles. The van der Waals surface area contributed by atoms with Gasteiger partial charge in [-0.05, 0) is 140 Å². The van der Waals surface area contributed by atoms with Crippen molar-refractivity contribution >= 4 is 85.9 Å². The largest absolute Gasteiger partial charge is 0.309 e. The van der Waals surface area contributed by atoms with Crippen LogP contribution in [0.1, 0.15) is 0 Å². The van der Waals surface area contributed by atoms with Crippen molar-refractivity contribution in [3.05, 3.63) is 206 Å². The van der Waals surface area contributed by atoms with Crippen molar-refractivity contribution < 1.29 is 0 Å². The zero-order valence-corrected chi connectivity index (χ0v) is 33.7. The minimum atomic E-state index is 1.16. The van der Waals surface area contributed by atoms with Gasteiger partial charge in [-0.25, -0.2) is 0 Å². The smallest absolute Gasteiger partial charge is 0.0541 e. The van der Waals surface area contributed by atoms with Crippen molar-refractivity contribution in [1.82, 2.24) is 9.13 Å². The van der Waals surface area contributed by atoms with Crippen molar-refractivity contribution in [2.75, 3.05) is 0 Å². The van der Waals surface area contributed by atoms with E-state index in [2.05, 4.69) is 215 Å². The fourth-order valence-corrected chi connectivity index (χ4v) is 11.6. The molecule has 0 bridgehead atoms. The van der Waals surface area contributed by atoms with Gasteiger partial charge >= 0.3 is 0 Å². The van der Waals surface area contributed by atoms with Crippen LogP contribution in [0.25, 0.3) is 130 Å². The topological polar surface area (TPSA) is 9.86 Å². The van der Waals surface area contributed by atoms with Crippen LogP contribution in [0.15, 0.2) is 206 Å². The molecule has 0 spiro atoms. The van der Waals surface area contributed by atoms with Gasteiger partial charge in [0.1, 0.15) is 0 Å². The first-order valence-corrected chi connectivity index (χ1v) is 21.8. The van der Waals surface area contributed by atoms with Gasteiger partial charge in [0.15, 0.2) is 0 Å². The first-order valence-electron chi connectivity index (χ1n) is 21.0. The molecule has 0 N–H and O–H groups in total. The van der Waals surface area contributed by atoms with E-state index >= 15 is 0 Å². The summed E-state index contributed by atoms with van der Waals surface area (Å²) in [5.41, 5.74) is 17.4. The number of hydrogen-bond acceptors (Lipinski definition) is 1. The highest BCUT2D eigenvalue weighted by Gasteiger charge is 2.22. The fraction of sp³-hybridized carbons (Fsp3) is 0. The van der Waals surface area contributed by atoms with Crippen molar-refractivity contribution in [3.63, 3.8) is 0 Å². The highest BCUT2D eigenvalue weighted by atomic mass is 32.1. The molecule has 0 aliphatic heterocycles. The highest BCUT2D eigenvalue weighted by molar-refractivity contribution is 7.25. The van der Waals surface area contributed by atoms with Crippen LogP contribution in [0.5, 0.6) is 0 Å². The average molecular weight is 791 g/mol.